The van der Waals surface area contributed by atoms with Crippen LogP contribution in [-0.2, 0) is 7.05 Å². The van der Waals surface area contributed by atoms with Crippen molar-refractivity contribution in [2.24, 2.45) is 7.05 Å². The van der Waals surface area contributed by atoms with Crippen LogP contribution in [0, 0.1) is 13.8 Å². The van der Waals surface area contributed by atoms with E-state index in [4.69, 9.17) is 0 Å². The van der Waals surface area contributed by atoms with Crippen molar-refractivity contribution in [3.8, 4) is 0 Å². The second-order valence-corrected chi connectivity index (χ2v) is 2.23. The van der Waals surface area contributed by atoms with Gasteiger partial charge in [0.2, 0.25) is 0 Å². The van der Waals surface area contributed by atoms with Crippen LogP contribution in [0.4, 0.5) is 0 Å². The zero-order valence-electron chi connectivity index (χ0n) is 6.25. The van der Waals surface area contributed by atoms with Crippen molar-refractivity contribution < 1.29 is 0 Å². The SMILES string of the molecule is Cc1nnn(C)c(=O)c1C. The summed E-state index contributed by atoms with van der Waals surface area (Å²) in [4.78, 5) is 11.0. The van der Waals surface area contributed by atoms with Crippen molar-refractivity contribution in [2.45, 2.75) is 13.8 Å². The Labute approximate surface area is 58.5 Å². The van der Waals surface area contributed by atoms with Crippen LogP contribution in [0.2, 0.25) is 0 Å². The molecule has 0 spiro atoms. The van der Waals surface area contributed by atoms with Gasteiger partial charge in [-0.15, -0.1) is 5.10 Å². The number of hydrogen-bond donors (Lipinski definition) is 0. The Morgan fingerprint density at radius 1 is 1.40 bits per heavy atom. The average Bonchev–Trinajstić information content (AvgIpc) is 1.93. The van der Waals surface area contributed by atoms with Gasteiger partial charge in [-0.2, -0.15) is 0 Å². The van der Waals surface area contributed by atoms with Crippen LogP contribution in [0.5, 0.6) is 0 Å². The molecule has 0 aromatic carbocycles. The Kier molecular flexibility index (Phi) is 1.53. The molecule has 0 N–H and O–H groups in total. The van der Waals surface area contributed by atoms with Gasteiger partial charge in [0.1, 0.15) is 0 Å². The molecular weight excluding hydrogens is 130 g/mol. The van der Waals surface area contributed by atoms with Crippen LogP contribution in [0.15, 0.2) is 4.79 Å². The van der Waals surface area contributed by atoms with Crippen LogP contribution in [-0.4, -0.2) is 15.0 Å². The standard InChI is InChI=1S/C6H9N3O/c1-4-5(2)7-8-9(3)6(4)10/h1-3H3. The average molecular weight is 139 g/mol. The molecule has 0 aliphatic carbocycles. The fourth-order valence-corrected chi connectivity index (χ4v) is 0.647. The van der Waals surface area contributed by atoms with E-state index in [2.05, 4.69) is 10.3 Å². The van der Waals surface area contributed by atoms with Gasteiger partial charge < -0.3 is 0 Å². The second kappa shape index (κ2) is 2.21. The molecule has 0 amide bonds. The van der Waals surface area contributed by atoms with Crippen molar-refractivity contribution >= 4 is 0 Å². The van der Waals surface area contributed by atoms with Crippen LogP contribution in [0.1, 0.15) is 11.3 Å². The molecule has 0 aliphatic heterocycles. The van der Waals surface area contributed by atoms with E-state index in [0.717, 1.165) is 0 Å². The minimum atomic E-state index is -0.0764. The fourth-order valence-electron chi connectivity index (χ4n) is 0.647. The van der Waals surface area contributed by atoms with Crippen molar-refractivity contribution in [1.82, 2.24) is 15.0 Å². The first kappa shape index (κ1) is 6.92. The summed E-state index contributed by atoms with van der Waals surface area (Å²) in [6.07, 6.45) is 0. The predicted molar refractivity (Wildman–Crippen MR) is 36.7 cm³/mol. The maximum Gasteiger partial charge on any atom is 0.272 e. The zero-order chi connectivity index (χ0) is 7.72. The smallest absolute Gasteiger partial charge is 0.267 e. The van der Waals surface area contributed by atoms with Crippen LogP contribution in [0.3, 0.4) is 0 Å². The van der Waals surface area contributed by atoms with Crippen molar-refractivity contribution in [3.05, 3.63) is 21.6 Å². The molecule has 1 aromatic heterocycles. The maximum atomic E-state index is 11.0. The van der Waals surface area contributed by atoms with E-state index in [0.29, 0.717) is 11.3 Å². The molecule has 54 valence electrons. The first-order valence-corrected chi connectivity index (χ1v) is 3.00. The fraction of sp³-hybridized carbons (Fsp3) is 0.500. The molecule has 0 saturated carbocycles. The van der Waals surface area contributed by atoms with E-state index in [9.17, 15) is 4.79 Å². The summed E-state index contributed by atoms with van der Waals surface area (Å²) in [5.41, 5.74) is 1.29. The van der Waals surface area contributed by atoms with Gasteiger partial charge in [0, 0.05) is 12.6 Å². The van der Waals surface area contributed by atoms with Gasteiger partial charge in [0.05, 0.1) is 5.69 Å². The van der Waals surface area contributed by atoms with E-state index in [1.54, 1.807) is 20.9 Å². The third-order valence-electron chi connectivity index (χ3n) is 1.49. The molecule has 1 aromatic rings. The highest BCUT2D eigenvalue weighted by Crippen LogP contribution is 1.90. The molecule has 0 unspecified atom stereocenters. The van der Waals surface area contributed by atoms with Crippen molar-refractivity contribution in [1.29, 1.82) is 0 Å². The molecule has 1 rings (SSSR count). The summed E-state index contributed by atoms with van der Waals surface area (Å²) in [5, 5.41) is 7.35. The summed E-state index contributed by atoms with van der Waals surface area (Å²) in [6, 6.07) is 0. The topological polar surface area (TPSA) is 47.8 Å². The summed E-state index contributed by atoms with van der Waals surface area (Å²) < 4.78 is 1.22. The van der Waals surface area contributed by atoms with Gasteiger partial charge in [-0.1, -0.05) is 5.21 Å². The predicted octanol–water partition coefficient (Wildman–Crippen LogP) is -0.208. The Hall–Kier alpha value is -1.19. The number of rotatable bonds is 0. The van der Waals surface area contributed by atoms with E-state index in [-0.39, 0.29) is 5.56 Å². The monoisotopic (exact) mass is 139 g/mol. The molecule has 0 bridgehead atoms. The lowest BCUT2D eigenvalue weighted by Gasteiger charge is -1.97. The van der Waals surface area contributed by atoms with Gasteiger partial charge in [-0.3, -0.25) is 4.79 Å². The molecule has 0 radical (unpaired) electrons. The molecule has 4 nitrogen and oxygen atoms in total. The minimum Gasteiger partial charge on any atom is -0.267 e. The normalized spacial score (nSPS) is 9.90. The summed E-state index contributed by atoms with van der Waals surface area (Å²) in [6.45, 7) is 3.51. The minimum absolute atomic E-state index is 0.0764. The van der Waals surface area contributed by atoms with Crippen molar-refractivity contribution in [3.63, 3.8) is 0 Å². The highest BCUT2D eigenvalue weighted by atomic mass is 16.1. The Bertz CT molecular complexity index is 302. The lowest BCUT2D eigenvalue weighted by atomic mass is 10.3. The summed E-state index contributed by atoms with van der Waals surface area (Å²) in [5.74, 6) is 0. The van der Waals surface area contributed by atoms with E-state index < -0.39 is 0 Å². The van der Waals surface area contributed by atoms with Gasteiger partial charge in [0.15, 0.2) is 0 Å². The highest BCUT2D eigenvalue weighted by Gasteiger charge is 1.99. The van der Waals surface area contributed by atoms with Gasteiger partial charge in [-0.05, 0) is 13.8 Å². The Morgan fingerprint density at radius 3 is 2.50 bits per heavy atom. The first-order valence-electron chi connectivity index (χ1n) is 3.00. The maximum absolute atomic E-state index is 11.0. The molecule has 4 heteroatoms. The highest BCUT2D eigenvalue weighted by molar-refractivity contribution is 5.10. The molecule has 1 heterocycles. The third kappa shape index (κ3) is 0.920. The molecule has 10 heavy (non-hydrogen) atoms. The Morgan fingerprint density at radius 2 is 2.00 bits per heavy atom. The molecule has 0 aliphatic rings. The zero-order valence-corrected chi connectivity index (χ0v) is 6.25. The van der Waals surface area contributed by atoms with E-state index in [1.807, 2.05) is 0 Å². The van der Waals surface area contributed by atoms with E-state index >= 15 is 0 Å². The molecule has 0 saturated heterocycles. The summed E-state index contributed by atoms with van der Waals surface area (Å²) >= 11 is 0. The Balaban J connectivity index is 3.50. The number of nitrogens with zero attached hydrogens (tertiary/aromatic N) is 3. The third-order valence-corrected chi connectivity index (χ3v) is 1.49. The number of aromatic nitrogens is 3. The van der Waals surface area contributed by atoms with Crippen molar-refractivity contribution in [2.75, 3.05) is 0 Å². The number of aryl methyl sites for hydroxylation is 2. The molecule has 0 fully saturated rings. The van der Waals surface area contributed by atoms with Gasteiger partial charge >= 0.3 is 0 Å². The quantitative estimate of drug-likeness (QED) is 0.499. The van der Waals surface area contributed by atoms with Crippen LogP contribution < -0.4 is 5.56 Å². The van der Waals surface area contributed by atoms with Crippen LogP contribution in [0.25, 0.3) is 0 Å². The van der Waals surface area contributed by atoms with Gasteiger partial charge in [-0.25, -0.2) is 4.68 Å². The first-order chi connectivity index (χ1) is 4.63. The summed E-state index contributed by atoms with van der Waals surface area (Å²) in [7, 11) is 1.59. The lowest BCUT2D eigenvalue weighted by Crippen LogP contribution is -2.24. The second-order valence-electron chi connectivity index (χ2n) is 2.23. The molecular formula is C6H9N3O. The van der Waals surface area contributed by atoms with E-state index in [1.165, 1.54) is 4.68 Å². The number of hydrogen-bond acceptors (Lipinski definition) is 3. The largest absolute Gasteiger partial charge is 0.272 e. The molecule has 0 atom stereocenters. The van der Waals surface area contributed by atoms with Crippen LogP contribution >= 0.6 is 0 Å². The van der Waals surface area contributed by atoms with Gasteiger partial charge in [0.25, 0.3) is 5.56 Å². The lowest BCUT2D eigenvalue weighted by molar-refractivity contribution is 0.623.